The van der Waals surface area contributed by atoms with Crippen LogP contribution >= 0.6 is 23.4 Å². The van der Waals surface area contributed by atoms with Crippen molar-refractivity contribution in [2.75, 3.05) is 29.5 Å². The van der Waals surface area contributed by atoms with Crippen LogP contribution in [0.3, 0.4) is 0 Å². The third-order valence-electron chi connectivity index (χ3n) is 2.52. The minimum absolute atomic E-state index is 0.567. The molecule has 0 amide bonds. The van der Waals surface area contributed by atoms with Crippen molar-refractivity contribution in [3.05, 3.63) is 17.0 Å². The van der Waals surface area contributed by atoms with E-state index in [1.807, 2.05) is 18.7 Å². The first-order valence-electron chi connectivity index (χ1n) is 5.09. The molecule has 0 aromatic carbocycles. The fraction of sp³-hybridized carbons (Fsp3) is 0.600. The molecule has 1 saturated heterocycles. The lowest BCUT2D eigenvalue weighted by molar-refractivity contribution is 0.794. The summed E-state index contributed by atoms with van der Waals surface area (Å²) in [7, 11) is 0. The van der Waals surface area contributed by atoms with Crippen LogP contribution in [0.4, 0.5) is 5.82 Å². The van der Waals surface area contributed by atoms with E-state index in [0.29, 0.717) is 5.15 Å². The normalized spacial score (nSPS) is 17.6. The molecule has 1 aliphatic heterocycles. The molecule has 2 rings (SSSR count). The van der Waals surface area contributed by atoms with Crippen molar-refractivity contribution < 1.29 is 0 Å². The molecule has 0 atom stereocenters. The highest BCUT2D eigenvalue weighted by Crippen LogP contribution is 2.23. The van der Waals surface area contributed by atoms with Gasteiger partial charge in [0, 0.05) is 24.4 Å². The molecule has 0 N–H and O–H groups in total. The molecular formula is C10H14ClN3S. The molecule has 3 nitrogen and oxygen atoms in total. The Balaban J connectivity index is 2.23. The molecule has 0 bridgehead atoms. The van der Waals surface area contributed by atoms with Crippen molar-refractivity contribution in [1.29, 1.82) is 0 Å². The van der Waals surface area contributed by atoms with Crippen LogP contribution in [0.25, 0.3) is 0 Å². The Labute approximate surface area is 99.2 Å². The Kier molecular flexibility index (Phi) is 3.70. The van der Waals surface area contributed by atoms with Gasteiger partial charge < -0.3 is 4.90 Å². The number of anilines is 1. The monoisotopic (exact) mass is 243 g/mol. The van der Waals surface area contributed by atoms with Crippen LogP contribution in [0.5, 0.6) is 0 Å². The van der Waals surface area contributed by atoms with E-state index in [1.54, 1.807) is 6.33 Å². The van der Waals surface area contributed by atoms with Gasteiger partial charge in [0.15, 0.2) is 0 Å². The molecule has 1 aromatic heterocycles. The average molecular weight is 244 g/mol. The van der Waals surface area contributed by atoms with E-state index in [1.165, 1.54) is 17.9 Å². The molecule has 0 radical (unpaired) electrons. The first-order chi connectivity index (χ1) is 7.29. The van der Waals surface area contributed by atoms with E-state index >= 15 is 0 Å². The predicted molar refractivity (Wildman–Crippen MR) is 65.9 cm³/mol. The van der Waals surface area contributed by atoms with E-state index in [0.717, 1.165) is 24.5 Å². The van der Waals surface area contributed by atoms with E-state index in [-0.39, 0.29) is 0 Å². The average Bonchev–Trinajstić information content (AvgIpc) is 2.50. The topological polar surface area (TPSA) is 29.0 Å². The van der Waals surface area contributed by atoms with Gasteiger partial charge in [-0.25, -0.2) is 9.97 Å². The van der Waals surface area contributed by atoms with Crippen LogP contribution < -0.4 is 4.90 Å². The Hall–Kier alpha value is -0.480. The molecule has 1 aliphatic rings. The number of thioether (sulfide) groups is 1. The van der Waals surface area contributed by atoms with Crippen molar-refractivity contribution in [1.82, 2.24) is 9.97 Å². The van der Waals surface area contributed by atoms with Crippen molar-refractivity contribution in [3.63, 3.8) is 0 Å². The molecule has 1 aromatic rings. The minimum atomic E-state index is 0.567. The van der Waals surface area contributed by atoms with Gasteiger partial charge in [-0.2, -0.15) is 11.8 Å². The van der Waals surface area contributed by atoms with Crippen molar-refractivity contribution in [3.8, 4) is 0 Å². The number of aromatic nitrogens is 2. The Morgan fingerprint density at radius 1 is 1.33 bits per heavy atom. The molecule has 0 saturated carbocycles. The predicted octanol–water partition coefficient (Wildman–Crippen LogP) is 2.38. The standard InChI is InChI=1S/C10H14ClN3S/c1-8-9(11)12-7-13-10(8)14-3-2-5-15-6-4-14/h7H,2-6H2,1H3. The zero-order valence-corrected chi connectivity index (χ0v) is 10.3. The van der Waals surface area contributed by atoms with Crippen molar-refractivity contribution in [2.24, 2.45) is 0 Å². The second kappa shape index (κ2) is 5.03. The number of rotatable bonds is 1. The molecule has 15 heavy (non-hydrogen) atoms. The summed E-state index contributed by atoms with van der Waals surface area (Å²) in [6.45, 7) is 4.11. The highest BCUT2D eigenvalue weighted by molar-refractivity contribution is 7.99. The van der Waals surface area contributed by atoms with Gasteiger partial charge >= 0.3 is 0 Å². The first-order valence-corrected chi connectivity index (χ1v) is 6.62. The van der Waals surface area contributed by atoms with E-state index < -0.39 is 0 Å². The summed E-state index contributed by atoms with van der Waals surface area (Å²) in [6, 6.07) is 0. The van der Waals surface area contributed by atoms with E-state index in [2.05, 4.69) is 14.9 Å². The fourth-order valence-electron chi connectivity index (χ4n) is 1.70. The quantitative estimate of drug-likeness (QED) is 0.709. The van der Waals surface area contributed by atoms with Gasteiger partial charge in [-0.15, -0.1) is 0 Å². The molecule has 5 heteroatoms. The van der Waals surface area contributed by atoms with Gasteiger partial charge in [-0.3, -0.25) is 0 Å². The fourth-order valence-corrected chi connectivity index (χ4v) is 2.71. The lowest BCUT2D eigenvalue weighted by atomic mass is 10.3. The first kappa shape index (κ1) is 11.0. The van der Waals surface area contributed by atoms with E-state index in [9.17, 15) is 0 Å². The van der Waals surface area contributed by atoms with Crippen LogP contribution in [0, 0.1) is 6.92 Å². The summed E-state index contributed by atoms with van der Waals surface area (Å²) in [5.74, 6) is 3.41. The summed E-state index contributed by atoms with van der Waals surface area (Å²) in [5.41, 5.74) is 0.992. The largest absolute Gasteiger partial charge is 0.355 e. The molecular weight excluding hydrogens is 230 g/mol. The smallest absolute Gasteiger partial charge is 0.137 e. The summed E-state index contributed by atoms with van der Waals surface area (Å²) in [6.07, 6.45) is 2.76. The third-order valence-corrected chi connectivity index (χ3v) is 3.95. The molecule has 82 valence electrons. The van der Waals surface area contributed by atoms with Crippen LogP contribution in [0.1, 0.15) is 12.0 Å². The maximum Gasteiger partial charge on any atom is 0.137 e. The molecule has 2 heterocycles. The van der Waals surface area contributed by atoms with Crippen LogP contribution in [0.2, 0.25) is 5.15 Å². The number of halogens is 1. The van der Waals surface area contributed by atoms with Gasteiger partial charge in [-0.1, -0.05) is 11.6 Å². The Morgan fingerprint density at radius 3 is 3.07 bits per heavy atom. The van der Waals surface area contributed by atoms with Gasteiger partial charge in [0.25, 0.3) is 0 Å². The highest BCUT2D eigenvalue weighted by Gasteiger charge is 2.14. The lowest BCUT2D eigenvalue weighted by Crippen LogP contribution is -2.27. The van der Waals surface area contributed by atoms with Crippen LogP contribution in [-0.4, -0.2) is 34.6 Å². The van der Waals surface area contributed by atoms with Crippen molar-refractivity contribution >= 4 is 29.2 Å². The van der Waals surface area contributed by atoms with Gasteiger partial charge in [0.2, 0.25) is 0 Å². The van der Waals surface area contributed by atoms with Gasteiger partial charge in [0.1, 0.15) is 17.3 Å². The second-order valence-electron chi connectivity index (χ2n) is 3.57. The zero-order chi connectivity index (χ0) is 10.7. The molecule has 0 unspecified atom stereocenters. The number of hydrogen-bond acceptors (Lipinski definition) is 4. The zero-order valence-electron chi connectivity index (χ0n) is 8.74. The summed E-state index contributed by atoms with van der Waals surface area (Å²) in [4.78, 5) is 10.6. The van der Waals surface area contributed by atoms with Crippen molar-refractivity contribution in [2.45, 2.75) is 13.3 Å². The highest BCUT2D eigenvalue weighted by atomic mass is 35.5. The molecule has 0 aliphatic carbocycles. The third kappa shape index (κ3) is 2.55. The lowest BCUT2D eigenvalue weighted by Gasteiger charge is -2.22. The minimum Gasteiger partial charge on any atom is -0.355 e. The second-order valence-corrected chi connectivity index (χ2v) is 5.15. The molecule has 0 spiro atoms. The van der Waals surface area contributed by atoms with E-state index in [4.69, 9.17) is 11.6 Å². The maximum absolute atomic E-state index is 5.99. The maximum atomic E-state index is 5.99. The summed E-state index contributed by atoms with van der Waals surface area (Å²) in [5, 5.41) is 0.567. The Bertz CT molecular complexity index is 337. The van der Waals surface area contributed by atoms with Crippen LogP contribution in [0.15, 0.2) is 6.33 Å². The Morgan fingerprint density at radius 2 is 2.20 bits per heavy atom. The SMILES string of the molecule is Cc1c(Cl)ncnc1N1CCCSCC1. The summed E-state index contributed by atoms with van der Waals surface area (Å²) < 4.78 is 0. The van der Waals surface area contributed by atoms with Gasteiger partial charge in [-0.05, 0) is 19.1 Å². The van der Waals surface area contributed by atoms with Crippen LogP contribution in [-0.2, 0) is 0 Å². The number of hydrogen-bond donors (Lipinski definition) is 0. The number of nitrogens with zero attached hydrogens (tertiary/aromatic N) is 3. The van der Waals surface area contributed by atoms with Gasteiger partial charge in [0.05, 0.1) is 0 Å². The molecule has 1 fully saturated rings. The summed E-state index contributed by atoms with van der Waals surface area (Å²) >= 11 is 8.00.